The zero-order valence-electron chi connectivity index (χ0n) is 14.1. The largest absolute Gasteiger partial charge is 0.508 e. The second-order valence-electron chi connectivity index (χ2n) is 8.41. The van der Waals surface area contributed by atoms with Crippen molar-refractivity contribution in [1.82, 2.24) is 10.9 Å². The number of hydrazine groups is 1. The number of hydrogen-bond donors (Lipinski definition) is 4. The molecule has 4 bridgehead atoms. The SMILES string of the molecule is O=C(CC12CC3CC(CC(O)(C3)C1)C2)NNC(=O)c1cccc(O)c1. The predicted octanol–water partition coefficient (Wildman–Crippen LogP) is 1.87. The van der Waals surface area contributed by atoms with Crippen molar-refractivity contribution in [1.29, 1.82) is 0 Å². The number of hydrogen-bond acceptors (Lipinski definition) is 4. The van der Waals surface area contributed by atoms with Crippen LogP contribution in [0.5, 0.6) is 5.75 Å². The van der Waals surface area contributed by atoms with Gasteiger partial charge in [-0.3, -0.25) is 20.4 Å². The van der Waals surface area contributed by atoms with E-state index in [0.717, 1.165) is 25.7 Å². The summed E-state index contributed by atoms with van der Waals surface area (Å²) >= 11 is 0. The summed E-state index contributed by atoms with van der Waals surface area (Å²) in [4.78, 5) is 24.4. The molecule has 0 aliphatic heterocycles. The lowest BCUT2D eigenvalue weighted by atomic mass is 9.47. The molecule has 0 saturated heterocycles. The van der Waals surface area contributed by atoms with Crippen molar-refractivity contribution >= 4 is 11.8 Å². The summed E-state index contributed by atoms with van der Waals surface area (Å²) < 4.78 is 0. The molecule has 4 N–H and O–H groups in total. The second-order valence-corrected chi connectivity index (χ2v) is 8.41. The fraction of sp³-hybridized carbons (Fsp3) is 0.579. The van der Waals surface area contributed by atoms with Crippen LogP contribution in [-0.4, -0.2) is 27.6 Å². The standard InChI is InChI=1S/C19H24N2O4/c22-15-3-1-2-14(5-15)17(24)21-20-16(23)10-18-6-12-4-13(7-18)9-19(25,8-12)11-18/h1-3,5,12-13,22,25H,4,6-11H2,(H,20,23)(H,21,24). The van der Waals surface area contributed by atoms with Crippen molar-refractivity contribution in [2.75, 3.05) is 0 Å². The summed E-state index contributed by atoms with van der Waals surface area (Å²) in [7, 11) is 0. The maximum absolute atomic E-state index is 12.4. The molecule has 4 aliphatic carbocycles. The van der Waals surface area contributed by atoms with Gasteiger partial charge in [-0.15, -0.1) is 0 Å². The molecule has 0 heterocycles. The van der Waals surface area contributed by atoms with Crippen LogP contribution in [-0.2, 0) is 4.79 Å². The van der Waals surface area contributed by atoms with Crippen molar-refractivity contribution in [3.8, 4) is 5.75 Å². The number of aromatic hydroxyl groups is 1. The summed E-state index contributed by atoms with van der Waals surface area (Å²) in [5.41, 5.74) is 4.46. The molecule has 0 radical (unpaired) electrons. The molecule has 4 fully saturated rings. The molecule has 2 amide bonds. The second kappa shape index (κ2) is 5.73. The number of aliphatic hydroxyl groups is 1. The van der Waals surface area contributed by atoms with E-state index in [1.807, 2.05) is 0 Å². The lowest BCUT2D eigenvalue weighted by Gasteiger charge is -2.60. The van der Waals surface area contributed by atoms with E-state index >= 15 is 0 Å². The first-order chi connectivity index (χ1) is 11.8. The Bertz CT molecular complexity index is 703. The van der Waals surface area contributed by atoms with Crippen LogP contribution in [0.3, 0.4) is 0 Å². The Morgan fingerprint density at radius 1 is 1.12 bits per heavy atom. The molecule has 25 heavy (non-hydrogen) atoms. The quantitative estimate of drug-likeness (QED) is 0.629. The normalized spacial score (nSPS) is 35.4. The van der Waals surface area contributed by atoms with Gasteiger partial charge in [0.05, 0.1) is 5.60 Å². The number of phenolic OH excluding ortho intramolecular Hbond substituents is 1. The van der Waals surface area contributed by atoms with Crippen LogP contribution in [0.2, 0.25) is 0 Å². The van der Waals surface area contributed by atoms with Gasteiger partial charge in [0.15, 0.2) is 0 Å². The highest BCUT2D eigenvalue weighted by molar-refractivity contribution is 5.95. The minimum Gasteiger partial charge on any atom is -0.508 e. The minimum atomic E-state index is -0.588. The van der Waals surface area contributed by atoms with Crippen LogP contribution in [0.1, 0.15) is 55.3 Å². The van der Waals surface area contributed by atoms with E-state index in [1.165, 1.54) is 18.6 Å². The maximum Gasteiger partial charge on any atom is 0.269 e. The molecule has 134 valence electrons. The Labute approximate surface area is 146 Å². The van der Waals surface area contributed by atoms with Gasteiger partial charge < -0.3 is 10.2 Å². The molecular formula is C19H24N2O4. The molecular weight excluding hydrogens is 320 g/mol. The Morgan fingerprint density at radius 3 is 2.48 bits per heavy atom. The van der Waals surface area contributed by atoms with E-state index in [-0.39, 0.29) is 22.6 Å². The molecule has 4 aliphatic rings. The van der Waals surface area contributed by atoms with Crippen molar-refractivity contribution < 1.29 is 19.8 Å². The van der Waals surface area contributed by atoms with Gasteiger partial charge in [-0.25, -0.2) is 0 Å². The molecule has 0 aromatic heterocycles. The highest BCUT2D eigenvalue weighted by atomic mass is 16.3. The van der Waals surface area contributed by atoms with Gasteiger partial charge >= 0.3 is 0 Å². The molecule has 5 rings (SSSR count). The average Bonchev–Trinajstić information content (AvgIpc) is 2.49. The molecule has 6 nitrogen and oxygen atoms in total. The number of carbonyl (C=O) groups is 2. The lowest BCUT2D eigenvalue weighted by molar-refractivity contribution is -0.169. The van der Waals surface area contributed by atoms with E-state index in [4.69, 9.17) is 0 Å². The monoisotopic (exact) mass is 344 g/mol. The van der Waals surface area contributed by atoms with E-state index in [9.17, 15) is 19.8 Å². The van der Waals surface area contributed by atoms with Crippen molar-refractivity contribution in [2.45, 2.75) is 50.5 Å². The summed E-state index contributed by atoms with van der Waals surface area (Å²) in [6, 6.07) is 5.96. The van der Waals surface area contributed by atoms with Crippen LogP contribution >= 0.6 is 0 Å². The highest BCUT2D eigenvalue weighted by Crippen LogP contribution is 2.62. The summed E-state index contributed by atoms with van der Waals surface area (Å²) in [6.07, 6.45) is 5.96. The fourth-order valence-electron chi connectivity index (χ4n) is 5.84. The summed E-state index contributed by atoms with van der Waals surface area (Å²) in [5, 5.41) is 20.2. The van der Waals surface area contributed by atoms with Crippen molar-refractivity contribution in [2.24, 2.45) is 17.3 Å². The minimum absolute atomic E-state index is 0.000729. The average molecular weight is 344 g/mol. The molecule has 2 unspecified atom stereocenters. The highest BCUT2D eigenvalue weighted by Gasteiger charge is 2.57. The summed E-state index contributed by atoms with van der Waals surface area (Å²) in [5.74, 6) is 0.370. The van der Waals surface area contributed by atoms with E-state index in [0.29, 0.717) is 24.7 Å². The van der Waals surface area contributed by atoms with Gasteiger partial charge in [-0.2, -0.15) is 0 Å². The smallest absolute Gasteiger partial charge is 0.269 e. The third-order valence-corrected chi connectivity index (χ3v) is 6.11. The fourth-order valence-corrected chi connectivity index (χ4v) is 5.84. The Morgan fingerprint density at radius 2 is 1.84 bits per heavy atom. The van der Waals surface area contributed by atoms with Crippen LogP contribution in [0.25, 0.3) is 0 Å². The first-order valence-electron chi connectivity index (χ1n) is 8.95. The Hall–Kier alpha value is -2.08. The number of carbonyl (C=O) groups excluding carboxylic acids is 2. The van der Waals surface area contributed by atoms with Gasteiger partial charge in [0.1, 0.15) is 5.75 Å². The first kappa shape index (κ1) is 16.4. The third kappa shape index (κ3) is 3.23. The first-order valence-corrected chi connectivity index (χ1v) is 8.95. The number of phenols is 1. The number of benzene rings is 1. The van der Waals surface area contributed by atoms with Gasteiger partial charge in [0.2, 0.25) is 5.91 Å². The molecule has 2 atom stereocenters. The van der Waals surface area contributed by atoms with Gasteiger partial charge in [0, 0.05) is 12.0 Å². The Kier molecular flexibility index (Phi) is 3.76. The third-order valence-electron chi connectivity index (χ3n) is 6.11. The number of nitrogens with one attached hydrogen (secondary N) is 2. The van der Waals surface area contributed by atoms with Crippen LogP contribution < -0.4 is 10.9 Å². The van der Waals surface area contributed by atoms with Crippen LogP contribution in [0.15, 0.2) is 24.3 Å². The zero-order chi connectivity index (χ0) is 17.7. The molecule has 1 aromatic rings. The van der Waals surface area contributed by atoms with E-state index in [2.05, 4.69) is 10.9 Å². The van der Waals surface area contributed by atoms with Gasteiger partial charge in [0.25, 0.3) is 5.91 Å². The van der Waals surface area contributed by atoms with Crippen molar-refractivity contribution in [3.05, 3.63) is 29.8 Å². The van der Waals surface area contributed by atoms with Crippen LogP contribution in [0, 0.1) is 17.3 Å². The number of amides is 2. The lowest BCUT2D eigenvalue weighted by Crippen LogP contribution is -2.57. The molecule has 1 aromatic carbocycles. The molecule has 6 heteroatoms. The van der Waals surface area contributed by atoms with E-state index in [1.54, 1.807) is 12.1 Å². The topological polar surface area (TPSA) is 98.7 Å². The predicted molar refractivity (Wildman–Crippen MR) is 90.4 cm³/mol. The zero-order valence-corrected chi connectivity index (χ0v) is 14.1. The Balaban J connectivity index is 1.36. The maximum atomic E-state index is 12.4. The van der Waals surface area contributed by atoms with E-state index < -0.39 is 11.5 Å². The van der Waals surface area contributed by atoms with Gasteiger partial charge in [-0.05, 0) is 74.0 Å². The number of rotatable bonds is 3. The van der Waals surface area contributed by atoms with Gasteiger partial charge in [-0.1, -0.05) is 6.07 Å². The van der Waals surface area contributed by atoms with Crippen molar-refractivity contribution in [3.63, 3.8) is 0 Å². The van der Waals surface area contributed by atoms with Crippen LogP contribution in [0.4, 0.5) is 0 Å². The molecule has 0 spiro atoms. The summed E-state index contributed by atoms with van der Waals surface area (Å²) in [6.45, 7) is 0. The molecule has 4 saturated carbocycles.